The summed E-state index contributed by atoms with van der Waals surface area (Å²) in [5, 5.41) is 3.57. The van der Waals surface area contributed by atoms with Crippen molar-refractivity contribution in [1.82, 2.24) is 5.53 Å². The van der Waals surface area contributed by atoms with E-state index in [9.17, 15) is 0 Å². The number of anilines is 2. The van der Waals surface area contributed by atoms with E-state index in [2.05, 4.69) is 103 Å². The Balaban J connectivity index is 0.00000137. The molecule has 3 aromatic rings. The van der Waals surface area contributed by atoms with Gasteiger partial charge in [-0.15, -0.1) is 13.2 Å². The van der Waals surface area contributed by atoms with Gasteiger partial charge in [-0.05, 0) is 91.7 Å². The molecular formula is C32H52N6. The van der Waals surface area contributed by atoms with Gasteiger partial charge in [0.25, 0.3) is 0 Å². The molecule has 0 unspecified atom stereocenters. The molecule has 0 aliphatic heterocycles. The lowest BCUT2D eigenvalue weighted by Crippen LogP contribution is -2.29. The molecule has 0 spiro atoms. The molecule has 38 heavy (non-hydrogen) atoms. The minimum absolute atomic E-state index is 0.713. The molecule has 0 aromatic heterocycles. The first-order chi connectivity index (χ1) is 18.7. The third-order valence-electron chi connectivity index (χ3n) is 6.13. The van der Waals surface area contributed by atoms with Crippen molar-refractivity contribution in [2.45, 2.75) is 64.7 Å². The van der Waals surface area contributed by atoms with E-state index < -0.39 is 0 Å². The van der Waals surface area contributed by atoms with Crippen LogP contribution >= 0.6 is 0 Å². The van der Waals surface area contributed by atoms with Crippen LogP contribution in [0.2, 0.25) is 0 Å². The van der Waals surface area contributed by atoms with Gasteiger partial charge in [0.1, 0.15) is 0 Å². The summed E-state index contributed by atoms with van der Waals surface area (Å²) < 4.78 is 0. The number of benzene rings is 3. The highest BCUT2D eigenvalue weighted by Crippen LogP contribution is 2.34. The van der Waals surface area contributed by atoms with Crippen molar-refractivity contribution in [3.63, 3.8) is 0 Å². The summed E-state index contributed by atoms with van der Waals surface area (Å²) in [5.41, 5.74) is 19.8. The number of aryl methyl sites for hydroxylation is 1. The third kappa shape index (κ3) is 12.5. The van der Waals surface area contributed by atoms with E-state index >= 15 is 0 Å². The van der Waals surface area contributed by atoms with Gasteiger partial charge in [-0.1, -0.05) is 81.6 Å². The molecule has 1 aliphatic rings. The zero-order chi connectivity index (χ0) is 28.6. The van der Waals surface area contributed by atoms with Crippen molar-refractivity contribution in [2.24, 2.45) is 23.2 Å². The third-order valence-corrected chi connectivity index (χ3v) is 6.13. The molecule has 10 N–H and O–H groups in total. The monoisotopic (exact) mass is 520 g/mol. The van der Waals surface area contributed by atoms with Gasteiger partial charge in [0.2, 0.25) is 0 Å². The fourth-order valence-electron chi connectivity index (χ4n) is 4.46. The Morgan fingerprint density at radius 2 is 1.34 bits per heavy atom. The maximum absolute atomic E-state index is 5.80. The van der Waals surface area contributed by atoms with E-state index in [4.69, 9.17) is 5.73 Å². The first kappa shape index (κ1) is 35.0. The molecule has 6 nitrogen and oxygen atoms in total. The van der Waals surface area contributed by atoms with Crippen molar-refractivity contribution < 1.29 is 0 Å². The second-order valence-electron chi connectivity index (χ2n) is 8.38. The quantitative estimate of drug-likeness (QED) is 0.116. The van der Waals surface area contributed by atoms with Gasteiger partial charge in [0.15, 0.2) is 0 Å². The summed E-state index contributed by atoms with van der Waals surface area (Å²) in [5.74, 6) is 9.51. The number of rotatable bonds is 7. The minimum Gasteiger partial charge on any atom is -0.355 e. The van der Waals surface area contributed by atoms with Gasteiger partial charge in [0, 0.05) is 11.4 Å². The van der Waals surface area contributed by atoms with Gasteiger partial charge in [-0.2, -0.15) is 5.53 Å². The SMILES string of the molecule is C=C.CC.CN.NCCCc1cc(-c2ccc(C3CCCCC3)cc2)ccc1Nc1ccccc1.NNN. The number of hydrogen-bond donors (Lipinski definition) is 6. The lowest BCUT2D eigenvalue weighted by atomic mass is 9.83. The molecular weight excluding hydrogens is 468 g/mol. The van der Waals surface area contributed by atoms with Gasteiger partial charge in [0.05, 0.1) is 0 Å². The molecule has 0 amide bonds. The smallest absolute Gasteiger partial charge is 0.0417 e. The van der Waals surface area contributed by atoms with E-state index in [1.165, 1.54) is 67.1 Å². The Hall–Kier alpha value is -3.00. The van der Waals surface area contributed by atoms with Crippen LogP contribution < -0.4 is 34.0 Å². The predicted molar refractivity (Wildman–Crippen MR) is 169 cm³/mol. The van der Waals surface area contributed by atoms with Crippen LogP contribution in [0.1, 0.15) is 69.4 Å². The normalized spacial score (nSPS) is 12.1. The van der Waals surface area contributed by atoms with Crippen LogP contribution in [0.4, 0.5) is 11.4 Å². The fourth-order valence-corrected chi connectivity index (χ4v) is 4.46. The van der Waals surface area contributed by atoms with E-state index in [-0.39, 0.29) is 0 Å². The van der Waals surface area contributed by atoms with E-state index in [1.54, 1.807) is 5.53 Å². The lowest BCUT2D eigenvalue weighted by molar-refractivity contribution is 0.443. The Kier molecular flexibility index (Phi) is 21.3. The molecule has 0 atom stereocenters. The first-order valence-electron chi connectivity index (χ1n) is 13.7. The van der Waals surface area contributed by atoms with Gasteiger partial charge >= 0.3 is 0 Å². The van der Waals surface area contributed by atoms with Crippen LogP contribution in [0, 0.1) is 0 Å². The van der Waals surface area contributed by atoms with E-state index in [1.807, 2.05) is 19.9 Å². The van der Waals surface area contributed by atoms with Crippen molar-refractivity contribution in [3.05, 3.63) is 97.1 Å². The molecule has 1 fully saturated rings. The average Bonchev–Trinajstić information content (AvgIpc) is 3.01. The summed E-state index contributed by atoms with van der Waals surface area (Å²) in [6.45, 7) is 10.7. The standard InChI is InChI=1S/C27H32N2.C2H6.C2H4.CH5N.H5N3/c28-19-7-10-25-20-24(17-18-27(25)29-26-11-5-2-6-12-26)23-15-13-22(14-16-23)21-8-3-1-4-9-21;3*1-2;1-3-2/h2,5-6,11-18,20-21,29H,1,3-4,7-10,19,28H2;1-2H3;1-2H2;2H2,1H3;3H,1-2H2. The van der Waals surface area contributed by atoms with Crippen molar-refractivity contribution >= 4 is 11.4 Å². The number of hydrogen-bond acceptors (Lipinski definition) is 6. The summed E-state index contributed by atoms with van der Waals surface area (Å²) in [6.07, 6.45) is 8.85. The van der Waals surface area contributed by atoms with Crippen LogP contribution in [0.15, 0.2) is 86.0 Å². The van der Waals surface area contributed by atoms with Gasteiger partial charge < -0.3 is 16.8 Å². The van der Waals surface area contributed by atoms with Crippen molar-refractivity contribution in [3.8, 4) is 11.1 Å². The van der Waals surface area contributed by atoms with Gasteiger partial charge in [-0.25, -0.2) is 0 Å². The Morgan fingerprint density at radius 3 is 1.89 bits per heavy atom. The van der Waals surface area contributed by atoms with E-state index in [0.29, 0.717) is 6.54 Å². The zero-order valence-electron chi connectivity index (χ0n) is 23.9. The second-order valence-corrected chi connectivity index (χ2v) is 8.38. The number of nitrogens with two attached hydrogens (primary N) is 4. The topological polar surface area (TPSA) is 128 Å². The summed E-state index contributed by atoms with van der Waals surface area (Å²) in [7, 11) is 1.50. The maximum Gasteiger partial charge on any atom is 0.0417 e. The molecule has 0 heterocycles. The molecule has 3 aromatic carbocycles. The lowest BCUT2D eigenvalue weighted by Gasteiger charge is -2.22. The molecule has 1 aliphatic carbocycles. The van der Waals surface area contributed by atoms with Crippen molar-refractivity contribution in [1.29, 1.82) is 0 Å². The number of nitrogens with one attached hydrogen (secondary N) is 2. The van der Waals surface area contributed by atoms with Crippen LogP contribution in [-0.4, -0.2) is 13.6 Å². The minimum atomic E-state index is 0.713. The van der Waals surface area contributed by atoms with Crippen LogP contribution in [0.25, 0.3) is 11.1 Å². The highest BCUT2D eigenvalue weighted by atomic mass is 15.4. The summed E-state index contributed by atoms with van der Waals surface area (Å²) >= 11 is 0. The predicted octanol–water partition coefficient (Wildman–Crippen LogP) is 6.76. The molecule has 0 bridgehead atoms. The maximum atomic E-state index is 5.80. The Labute approximate surface area is 231 Å². The van der Waals surface area contributed by atoms with E-state index in [0.717, 1.165) is 24.4 Å². The molecule has 210 valence electrons. The molecule has 0 saturated heterocycles. The number of hydrazine groups is 2. The Bertz CT molecular complexity index is 938. The Morgan fingerprint density at radius 1 is 0.789 bits per heavy atom. The second kappa shape index (κ2) is 23.1. The molecule has 4 rings (SSSR count). The summed E-state index contributed by atoms with van der Waals surface area (Å²) in [4.78, 5) is 0. The van der Waals surface area contributed by atoms with Crippen LogP contribution in [0.5, 0.6) is 0 Å². The largest absolute Gasteiger partial charge is 0.355 e. The fraction of sp³-hybridized carbons (Fsp3) is 0.375. The van der Waals surface area contributed by atoms with Crippen LogP contribution in [0.3, 0.4) is 0 Å². The first-order valence-corrected chi connectivity index (χ1v) is 13.7. The highest BCUT2D eigenvalue weighted by molar-refractivity contribution is 5.71. The molecule has 6 heteroatoms. The molecule has 1 saturated carbocycles. The number of para-hydroxylation sites is 1. The van der Waals surface area contributed by atoms with Crippen molar-refractivity contribution in [2.75, 3.05) is 18.9 Å². The van der Waals surface area contributed by atoms with Gasteiger partial charge in [-0.3, -0.25) is 11.7 Å². The highest BCUT2D eigenvalue weighted by Gasteiger charge is 2.15. The zero-order valence-corrected chi connectivity index (χ0v) is 23.9. The van der Waals surface area contributed by atoms with Crippen LogP contribution in [-0.2, 0) is 6.42 Å². The molecule has 0 radical (unpaired) electrons. The summed E-state index contributed by atoms with van der Waals surface area (Å²) in [6, 6.07) is 26.4. The average molecular weight is 521 g/mol.